The first-order valence-electron chi connectivity index (χ1n) is 8.40. The molecule has 0 unspecified atom stereocenters. The number of para-hydroxylation sites is 1. The Kier molecular flexibility index (Phi) is 4.55. The molecule has 0 aliphatic rings. The number of aromatic hydroxyl groups is 1. The molecule has 7 heteroatoms. The third-order valence-corrected chi connectivity index (χ3v) is 4.52. The number of fused-ring (bicyclic) bond motifs is 2. The number of carbonyl (C=O) groups excluding carboxylic acids is 2. The number of phenols is 1. The second kappa shape index (κ2) is 7.17. The van der Waals surface area contributed by atoms with Crippen molar-refractivity contribution in [2.45, 2.75) is 0 Å². The van der Waals surface area contributed by atoms with Gasteiger partial charge in [-0.25, -0.2) is 4.98 Å². The van der Waals surface area contributed by atoms with Gasteiger partial charge in [0, 0.05) is 5.39 Å². The number of carbonyl (C=O) groups is 2. The molecule has 3 aromatic carbocycles. The van der Waals surface area contributed by atoms with E-state index in [2.05, 4.69) is 15.8 Å². The smallest absolute Gasteiger partial charge is 0.273 e. The first kappa shape index (κ1) is 17.8. The Morgan fingerprint density at radius 1 is 0.821 bits per heavy atom. The van der Waals surface area contributed by atoms with Gasteiger partial charge in [0.1, 0.15) is 10.9 Å². The normalized spacial score (nSPS) is 10.8. The molecule has 0 saturated heterocycles. The Bertz CT molecular complexity index is 1240. The summed E-state index contributed by atoms with van der Waals surface area (Å²) in [7, 11) is 0. The molecule has 0 radical (unpaired) electrons. The lowest BCUT2D eigenvalue weighted by Gasteiger charge is -2.11. The fourth-order valence-electron chi connectivity index (χ4n) is 2.99. The van der Waals surface area contributed by atoms with Crippen molar-refractivity contribution in [1.82, 2.24) is 15.8 Å². The van der Waals surface area contributed by atoms with Crippen molar-refractivity contribution in [3.63, 3.8) is 0 Å². The number of hydrazine groups is 1. The largest absolute Gasteiger partial charge is 0.507 e. The molecule has 0 atom stereocenters. The summed E-state index contributed by atoms with van der Waals surface area (Å²) >= 11 is 5.99. The van der Waals surface area contributed by atoms with Crippen molar-refractivity contribution in [2.75, 3.05) is 0 Å². The van der Waals surface area contributed by atoms with E-state index in [4.69, 9.17) is 11.6 Å². The van der Waals surface area contributed by atoms with E-state index >= 15 is 0 Å². The average Bonchev–Trinajstić information content (AvgIpc) is 2.70. The van der Waals surface area contributed by atoms with E-state index in [0.29, 0.717) is 10.9 Å². The van der Waals surface area contributed by atoms with Gasteiger partial charge >= 0.3 is 0 Å². The Hall–Kier alpha value is -3.64. The molecular weight excluding hydrogens is 378 g/mol. The highest BCUT2D eigenvalue weighted by Gasteiger charge is 2.16. The zero-order chi connectivity index (χ0) is 19.7. The van der Waals surface area contributed by atoms with E-state index in [0.717, 1.165) is 10.8 Å². The molecule has 0 bridgehead atoms. The van der Waals surface area contributed by atoms with E-state index in [-0.39, 0.29) is 22.0 Å². The lowest BCUT2D eigenvalue weighted by atomic mass is 10.1. The van der Waals surface area contributed by atoms with Crippen LogP contribution in [0, 0.1) is 0 Å². The Morgan fingerprint density at radius 2 is 1.43 bits per heavy atom. The third kappa shape index (κ3) is 3.33. The molecule has 6 nitrogen and oxygen atoms in total. The van der Waals surface area contributed by atoms with E-state index in [9.17, 15) is 14.7 Å². The van der Waals surface area contributed by atoms with Crippen LogP contribution in [-0.4, -0.2) is 21.9 Å². The number of halogens is 1. The van der Waals surface area contributed by atoms with Crippen LogP contribution in [0.3, 0.4) is 0 Å². The van der Waals surface area contributed by atoms with E-state index in [1.165, 1.54) is 12.1 Å². The topological polar surface area (TPSA) is 91.3 Å². The third-order valence-electron chi connectivity index (χ3n) is 4.33. The Labute approximate surface area is 164 Å². The molecule has 3 N–H and O–H groups in total. The first-order chi connectivity index (χ1) is 13.5. The Morgan fingerprint density at radius 3 is 2.18 bits per heavy atom. The fraction of sp³-hybridized carbons (Fsp3) is 0. The summed E-state index contributed by atoms with van der Waals surface area (Å²) in [6.07, 6.45) is 0. The molecule has 0 aliphatic carbocycles. The number of amides is 2. The lowest BCUT2D eigenvalue weighted by Crippen LogP contribution is -2.41. The monoisotopic (exact) mass is 391 g/mol. The average molecular weight is 392 g/mol. The molecule has 4 rings (SSSR count). The van der Waals surface area contributed by atoms with Crippen LogP contribution in [0.5, 0.6) is 5.75 Å². The molecule has 4 aromatic rings. The second-order valence-electron chi connectivity index (χ2n) is 6.13. The number of pyridine rings is 1. The van der Waals surface area contributed by atoms with Crippen molar-refractivity contribution >= 4 is 45.1 Å². The van der Waals surface area contributed by atoms with Crippen LogP contribution in [0.4, 0.5) is 0 Å². The number of hydrogen-bond acceptors (Lipinski definition) is 4. The van der Waals surface area contributed by atoms with Gasteiger partial charge in [-0.2, -0.15) is 0 Å². The molecule has 2 amide bonds. The van der Waals surface area contributed by atoms with Gasteiger partial charge in [-0.05, 0) is 35.0 Å². The van der Waals surface area contributed by atoms with Gasteiger partial charge in [0.25, 0.3) is 11.8 Å². The number of phenolic OH excluding ortho intramolecular Hbond substituents is 1. The van der Waals surface area contributed by atoms with Crippen LogP contribution < -0.4 is 10.9 Å². The highest BCUT2D eigenvalue weighted by Crippen LogP contribution is 2.25. The van der Waals surface area contributed by atoms with Crippen LogP contribution >= 0.6 is 11.6 Å². The number of nitrogens with one attached hydrogen (secondary N) is 2. The van der Waals surface area contributed by atoms with Gasteiger partial charge in [-0.15, -0.1) is 0 Å². The summed E-state index contributed by atoms with van der Waals surface area (Å²) in [5.41, 5.74) is 5.58. The van der Waals surface area contributed by atoms with Gasteiger partial charge in [0.15, 0.2) is 0 Å². The van der Waals surface area contributed by atoms with Gasteiger partial charge in [-0.3, -0.25) is 20.4 Å². The maximum absolute atomic E-state index is 12.6. The molecule has 1 aromatic heterocycles. The molecular formula is C21H14ClN3O3. The molecule has 0 saturated carbocycles. The SMILES string of the molecule is O=C(NNC(=O)c1cc(Cl)nc2ccccc12)c1cc2ccccc2cc1O. The first-order valence-corrected chi connectivity index (χ1v) is 8.78. The Balaban J connectivity index is 1.57. The minimum Gasteiger partial charge on any atom is -0.507 e. The van der Waals surface area contributed by atoms with E-state index in [1.54, 1.807) is 30.3 Å². The highest BCUT2D eigenvalue weighted by atomic mass is 35.5. The molecule has 28 heavy (non-hydrogen) atoms. The summed E-state index contributed by atoms with van der Waals surface area (Å²) < 4.78 is 0. The number of rotatable bonds is 2. The van der Waals surface area contributed by atoms with E-state index < -0.39 is 11.8 Å². The predicted octanol–water partition coefficient (Wildman–Crippen LogP) is 3.82. The van der Waals surface area contributed by atoms with Crippen LogP contribution in [0.25, 0.3) is 21.7 Å². The number of hydrogen-bond donors (Lipinski definition) is 3. The number of nitrogens with zero attached hydrogens (tertiary/aromatic N) is 1. The summed E-state index contributed by atoms with van der Waals surface area (Å²) in [4.78, 5) is 29.2. The maximum atomic E-state index is 12.6. The molecule has 1 heterocycles. The van der Waals surface area contributed by atoms with E-state index in [1.807, 2.05) is 24.3 Å². The zero-order valence-electron chi connectivity index (χ0n) is 14.4. The van der Waals surface area contributed by atoms with Crippen molar-refractivity contribution in [1.29, 1.82) is 0 Å². The maximum Gasteiger partial charge on any atom is 0.273 e. The van der Waals surface area contributed by atoms with Crippen LogP contribution in [0.15, 0.2) is 66.7 Å². The minimum atomic E-state index is -0.638. The van der Waals surface area contributed by atoms with Crippen LogP contribution in [0.1, 0.15) is 20.7 Å². The molecule has 0 aliphatic heterocycles. The van der Waals surface area contributed by atoms with Crippen molar-refractivity contribution in [2.24, 2.45) is 0 Å². The van der Waals surface area contributed by atoms with Crippen molar-refractivity contribution < 1.29 is 14.7 Å². The minimum absolute atomic E-state index is 0.0524. The highest BCUT2D eigenvalue weighted by molar-refractivity contribution is 6.30. The number of benzene rings is 3. The lowest BCUT2D eigenvalue weighted by molar-refractivity contribution is 0.0846. The van der Waals surface area contributed by atoms with Crippen molar-refractivity contribution in [3.8, 4) is 5.75 Å². The summed E-state index contributed by atoms with van der Waals surface area (Å²) in [6, 6.07) is 18.9. The fourth-order valence-corrected chi connectivity index (χ4v) is 3.19. The van der Waals surface area contributed by atoms with Crippen LogP contribution in [0.2, 0.25) is 5.15 Å². The number of aromatic nitrogens is 1. The molecule has 0 fully saturated rings. The van der Waals surface area contributed by atoms with Gasteiger partial charge < -0.3 is 5.11 Å². The quantitative estimate of drug-likeness (QED) is 0.358. The summed E-state index contributed by atoms with van der Waals surface area (Å²) in [5, 5.41) is 12.5. The van der Waals surface area contributed by atoms with Gasteiger partial charge in [-0.1, -0.05) is 54.1 Å². The standard InChI is InChI=1S/C21H14ClN3O3/c22-19-11-15(14-7-3-4-8-17(14)23-19)20(27)24-25-21(28)16-9-12-5-1-2-6-13(12)10-18(16)26/h1-11,26H,(H,24,27)(H,25,28). The summed E-state index contributed by atoms with van der Waals surface area (Å²) in [5.74, 6) is -1.36. The predicted molar refractivity (Wildman–Crippen MR) is 107 cm³/mol. The van der Waals surface area contributed by atoms with Crippen molar-refractivity contribution in [3.05, 3.63) is 83.0 Å². The van der Waals surface area contributed by atoms with Gasteiger partial charge in [0.2, 0.25) is 0 Å². The van der Waals surface area contributed by atoms with Crippen LogP contribution in [-0.2, 0) is 0 Å². The zero-order valence-corrected chi connectivity index (χ0v) is 15.2. The van der Waals surface area contributed by atoms with Gasteiger partial charge in [0.05, 0.1) is 16.6 Å². The molecule has 138 valence electrons. The molecule has 0 spiro atoms. The summed E-state index contributed by atoms with van der Waals surface area (Å²) in [6.45, 7) is 0. The second-order valence-corrected chi connectivity index (χ2v) is 6.52.